The molecule has 0 radical (unpaired) electrons. The quantitative estimate of drug-likeness (QED) is 0.703. The summed E-state index contributed by atoms with van der Waals surface area (Å²) >= 11 is 0. The van der Waals surface area contributed by atoms with E-state index in [1.165, 1.54) is 32.5 Å². The second kappa shape index (κ2) is 5.72. The van der Waals surface area contributed by atoms with Gasteiger partial charge in [-0.05, 0) is 25.3 Å². The summed E-state index contributed by atoms with van der Waals surface area (Å²) in [6, 6.07) is 1.59. The Balaban J connectivity index is 2.53. The molecule has 1 heterocycles. The molecule has 84 valence electrons. The van der Waals surface area contributed by atoms with E-state index in [0.717, 1.165) is 18.0 Å². The highest BCUT2D eigenvalue weighted by Crippen LogP contribution is 2.19. The standard InChI is InChI=1S/C12H26N2/c1-5-7-14(11-8-13-9-11)12(6-2)10(3)4/h10-13H,5-9H2,1-4H3. The monoisotopic (exact) mass is 198 g/mol. The average molecular weight is 198 g/mol. The van der Waals surface area contributed by atoms with Crippen LogP contribution in [0.1, 0.15) is 40.5 Å². The summed E-state index contributed by atoms with van der Waals surface area (Å²) in [5, 5.41) is 3.38. The first kappa shape index (κ1) is 12.0. The van der Waals surface area contributed by atoms with E-state index in [-0.39, 0.29) is 0 Å². The van der Waals surface area contributed by atoms with Gasteiger partial charge in [-0.15, -0.1) is 0 Å². The third-order valence-corrected chi connectivity index (χ3v) is 3.32. The van der Waals surface area contributed by atoms with E-state index in [1.54, 1.807) is 0 Å². The third kappa shape index (κ3) is 2.71. The maximum Gasteiger partial charge on any atom is 0.0348 e. The Labute approximate surface area is 89.1 Å². The van der Waals surface area contributed by atoms with Crippen LogP contribution in [0.15, 0.2) is 0 Å². The number of hydrogen-bond acceptors (Lipinski definition) is 2. The lowest BCUT2D eigenvalue weighted by Gasteiger charge is -2.44. The second-order valence-corrected chi connectivity index (χ2v) is 4.77. The van der Waals surface area contributed by atoms with Crippen LogP contribution in [-0.4, -0.2) is 36.6 Å². The predicted octanol–water partition coefficient (Wildman–Crippen LogP) is 2.10. The van der Waals surface area contributed by atoms with Crippen molar-refractivity contribution in [1.29, 1.82) is 0 Å². The minimum atomic E-state index is 0.780. The van der Waals surface area contributed by atoms with Gasteiger partial charge in [0.25, 0.3) is 0 Å². The highest BCUT2D eigenvalue weighted by atomic mass is 15.3. The fraction of sp³-hybridized carbons (Fsp3) is 1.00. The van der Waals surface area contributed by atoms with Crippen molar-refractivity contribution in [3.63, 3.8) is 0 Å². The Hall–Kier alpha value is -0.0800. The number of rotatable bonds is 6. The van der Waals surface area contributed by atoms with Crippen LogP contribution in [0, 0.1) is 5.92 Å². The van der Waals surface area contributed by atoms with E-state index in [0.29, 0.717) is 0 Å². The molecular weight excluding hydrogens is 172 g/mol. The van der Waals surface area contributed by atoms with Crippen LogP contribution in [0.3, 0.4) is 0 Å². The van der Waals surface area contributed by atoms with Gasteiger partial charge in [0.1, 0.15) is 0 Å². The van der Waals surface area contributed by atoms with Gasteiger partial charge >= 0.3 is 0 Å². The average Bonchev–Trinajstić information content (AvgIpc) is 2.01. The van der Waals surface area contributed by atoms with Crippen molar-refractivity contribution in [3.8, 4) is 0 Å². The van der Waals surface area contributed by atoms with Gasteiger partial charge in [0.05, 0.1) is 0 Å². The SMILES string of the molecule is CCCN(C1CNC1)C(CC)C(C)C. The lowest BCUT2D eigenvalue weighted by atomic mass is 9.96. The summed E-state index contributed by atoms with van der Waals surface area (Å²) in [5.74, 6) is 0.784. The highest BCUT2D eigenvalue weighted by molar-refractivity contribution is 4.88. The van der Waals surface area contributed by atoms with Crippen LogP contribution in [0.4, 0.5) is 0 Å². The Morgan fingerprint density at radius 2 is 1.93 bits per heavy atom. The number of nitrogens with one attached hydrogen (secondary N) is 1. The lowest BCUT2D eigenvalue weighted by Crippen LogP contribution is -2.60. The van der Waals surface area contributed by atoms with Gasteiger partial charge in [0.2, 0.25) is 0 Å². The molecule has 0 spiro atoms. The maximum atomic E-state index is 3.38. The van der Waals surface area contributed by atoms with Crippen molar-refractivity contribution >= 4 is 0 Å². The van der Waals surface area contributed by atoms with Crippen LogP contribution in [-0.2, 0) is 0 Å². The topological polar surface area (TPSA) is 15.3 Å². The van der Waals surface area contributed by atoms with Gasteiger partial charge in [-0.3, -0.25) is 4.90 Å². The second-order valence-electron chi connectivity index (χ2n) is 4.77. The molecule has 0 saturated carbocycles. The van der Waals surface area contributed by atoms with Gasteiger partial charge in [0, 0.05) is 25.2 Å². The van der Waals surface area contributed by atoms with Crippen molar-refractivity contribution in [2.75, 3.05) is 19.6 Å². The van der Waals surface area contributed by atoms with Crippen molar-refractivity contribution in [3.05, 3.63) is 0 Å². The molecular formula is C12H26N2. The molecule has 1 atom stereocenters. The molecule has 1 N–H and O–H groups in total. The summed E-state index contributed by atoms with van der Waals surface area (Å²) in [5.41, 5.74) is 0. The number of hydrogen-bond donors (Lipinski definition) is 1. The van der Waals surface area contributed by atoms with Crippen LogP contribution in [0.5, 0.6) is 0 Å². The summed E-state index contributed by atoms with van der Waals surface area (Å²) in [6.07, 6.45) is 2.56. The van der Waals surface area contributed by atoms with E-state index in [9.17, 15) is 0 Å². The maximum absolute atomic E-state index is 3.38. The largest absolute Gasteiger partial charge is 0.314 e. The molecule has 1 aliphatic rings. The van der Waals surface area contributed by atoms with Crippen molar-refractivity contribution in [2.45, 2.75) is 52.6 Å². The number of nitrogens with zero attached hydrogens (tertiary/aromatic N) is 1. The molecule has 0 amide bonds. The van der Waals surface area contributed by atoms with Crippen molar-refractivity contribution in [1.82, 2.24) is 10.2 Å². The predicted molar refractivity (Wildman–Crippen MR) is 62.6 cm³/mol. The van der Waals surface area contributed by atoms with E-state index in [2.05, 4.69) is 37.9 Å². The molecule has 1 fully saturated rings. The molecule has 1 unspecified atom stereocenters. The minimum Gasteiger partial charge on any atom is -0.314 e. The summed E-state index contributed by atoms with van der Waals surface area (Å²) in [6.45, 7) is 13.0. The molecule has 0 aromatic rings. The zero-order chi connectivity index (χ0) is 10.6. The van der Waals surface area contributed by atoms with E-state index in [4.69, 9.17) is 0 Å². The molecule has 1 rings (SSSR count). The Morgan fingerprint density at radius 1 is 1.29 bits per heavy atom. The molecule has 1 aliphatic heterocycles. The third-order valence-electron chi connectivity index (χ3n) is 3.32. The zero-order valence-electron chi connectivity index (χ0n) is 10.2. The first-order valence-electron chi connectivity index (χ1n) is 6.17. The molecule has 2 heteroatoms. The van der Waals surface area contributed by atoms with E-state index >= 15 is 0 Å². The molecule has 0 aromatic heterocycles. The Morgan fingerprint density at radius 3 is 2.21 bits per heavy atom. The van der Waals surface area contributed by atoms with Crippen LogP contribution in [0.2, 0.25) is 0 Å². The summed E-state index contributed by atoms with van der Waals surface area (Å²) < 4.78 is 0. The van der Waals surface area contributed by atoms with Gasteiger partial charge < -0.3 is 5.32 Å². The normalized spacial score (nSPS) is 20.1. The van der Waals surface area contributed by atoms with Crippen molar-refractivity contribution < 1.29 is 0 Å². The molecule has 0 aliphatic carbocycles. The fourth-order valence-electron chi connectivity index (χ4n) is 2.47. The van der Waals surface area contributed by atoms with Gasteiger partial charge in [-0.25, -0.2) is 0 Å². The molecule has 0 bridgehead atoms. The van der Waals surface area contributed by atoms with Crippen molar-refractivity contribution in [2.24, 2.45) is 5.92 Å². The van der Waals surface area contributed by atoms with Gasteiger partial charge in [-0.1, -0.05) is 27.7 Å². The fourth-order valence-corrected chi connectivity index (χ4v) is 2.47. The molecule has 2 nitrogen and oxygen atoms in total. The Kier molecular flexibility index (Phi) is 4.90. The Bertz CT molecular complexity index is 152. The van der Waals surface area contributed by atoms with Crippen LogP contribution < -0.4 is 5.32 Å². The first-order chi connectivity index (χ1) is 6.70. The summed E-state index contributed by atoms with van der Waals surface area (Å²) in [7, 11) is 0. The molecule has 14 heavy (non-hydrogen) atoms. The molecule has 0 aromatic carbocycles. The molecule has 1 saturated heterocycles. The van der Waals surface area contributed by atoms with Crippen LogP contribution >= 0.6 is 0 Å². The van der Waals surface area contributed by atoms with Gasteiger partial charge in [-0.2, -0.15) is 0 Å². The highest BCUT2D eigenvalue weighted by Gasteiger charge is 2.30. The van der Waals surface area contributed by atoms with Crippen LogP contribution in [0.25, 0.3) is 0 Å². The lowest BCUT2D eigenvalue weighted by molar-refractivity contribution is 0.0676. The smallest absolute Gasteiger partial charge is 0.0348 e. The first-order valence-corrected chi connectivity index (χ1v) is 6.17. The van der Waals surface area contributed by atoms with E-state index in [1.807, 2.05) is 0 Å². The minimum absolute atomic E-state index is 0.780. The zero-order valence-corrected chi connectivity index (χ0v) is 10.2. The summed E-state index contributed by atoms with van der Waals surface area (Å²) in [4.78, 5) is 2.72. The van der Waals surface area contributed by atoms with E-state index < -0.39 is 0 Å². The van der Waals surface area contributed by atoms with Gasteiger partial charge in [0.15, 0.2) is 0 Å².